The van der Waals surface area contributed by atoms with Crippen molar-refractivity contribution >= 4 is 0 Å². The molecule has 0 spiro atoms. The average molecular weight is 385 g/mol. The van der Waals surface area contributed by atoms with E-state index in [1.807, 2.05) is 0 Å². The number of hydrogen-bond acceptors (Lipinski definition) is 0. The van der Waals surface area contributed by atoms with Crippen molar-refractivity contribution in [3.8, 4) is 0 Å². The van der Waals surface area contributed by atoms with Crippen LogP contribution in [0.25, 0.3) is 0 Å². The molecule has 8 atom stereocenters. The second-order valence-corrected chi connectivity index (χ2v) is 12.7. The van der Waals surface area contributed by atoms with E-state index in [0.717, 1.165) is 41.4 Å². The molecule has 4 rings (SSSR count). The fourth-order valence-electron chi connectivity index (χ4n) is 9.24. The lowest BCUT2D eigenvalue weighted by molar-refractivity contribution is -0.102. The summed E-state index contributed by atoms with van der Waals surface area (Å²) in [5.74, 6) is 6.89. The first-order chi connectivity index (χ1) is 13.3. The Kier molecular flexibility index (Phi) is 5.83. The lowest BCUT2D eigenvalue weighted by atomic mass is 9.44. The molecule has 0 heterocycles. The molecule has 0 nitrogen and oxygen atoms in total. The van der Waals surface area contributed by atoms with Gasteiger partial charge in [-0.2, -0.15) is 0 Å². The van der Waals surface area contributed by atoms with Gasteiger partial charge in [-0.3, -0.25) is 0 Å². The Bertz CT molecular complexity index is 585. The predicted molar refractivity (Wildman–Crippen MR) is 122 cm³/mol. The zero-order chi connectivity index (χ0) is 20.1. The van der Waals surface area contributed by atoms with E-state index in [9.17, 15) is 0 Å². The molecule has 8 unspecified atom stereocenters. The maximum absolute atomic E-state index is 2.74. The Balaban J connectivity index is 1.48. The fourth-order valence-corrected chi connectivity index (χ4v) is 9.24. The topological polar surface area (TPSA) is 0 Å². The predicted octanol–water partition coefficient (Wildman–Crippen LogP) is 8.66. The number of hydrogen-bond donors (Lipinski definition) is 0. The highest BCUT2D eigenvalue weighted by Crippen LogP contribution is 2.68. The lowest BCUT2D eigenvalue weighted by Gasteiger charge is -2.60. The van der Waals surface area contributed by atoms with Gasteiger partial charge in [0.2, 0.25) is 0 Å². The van der Waals surface area contributed by atoms with Crippen molar-refractivity contribution in [2.75, 3.05) is 0 Å². The first-order valence-corrected chi connectivity index (χ1v) is 12.9. The summed E-state index contributed by atoms with van der Waals surface area (Å²) in [6.45, 7) is 15.2. The molecule has 0 saturated heterocycles. The van der Waals surface area contributed by atoms with Crippen LogP contribution in [0.3, 0.4) is 0 Å². The molecule has 0 aromatic rings. The smallest absolute Gasteiger partial charge is 0.0226 e. The molecule has 0 heteroatoms. The van der Waals surface area contributed by atoms with Crippen molar-refractivity contribution in [3.63, 3.8) is 0 Å². The molecular formula is C28H48. The van der Waals surface area contributed by atoms with Crippen LogP contribution in [-0.4, -0.2) is 0 Å². The minimum atomic E-state index is 0.615. The molecule has 0 aliphatic heterocycles. The van der Waals surface area contributed by atoms with Gasteiger partial charge in [0, 0.05) is 0 Å². The Morgan fingerprint density at radius 1 is 0.929 bits per heavy atom. The molecule has 0 bridgehead atoms. The molecule has 0 radical (unpaired) electrons. The molecular weight excluding hydrogens is 336 g/mol. The molecule has 160 valence electrons. The molecule has 28 heavy (non-hydrogen) atoms. The maximum Gasteiger partial charge on any atom is -0.0226 e. The van der Waals surface area contributed by atoms with Gasteiger partial charge in [0.25, 0.3) is 0 Å². The minimum absolute atomic E-state index is 0.615. The standard InChI is InChI=1S/C28H48/c1-19(2)8-7-9-21(4)24-14-15-25-23-13-12-22-11-10-20(3)18-28(22,6)26(23)16-17-27(24,25)5/h10,19,21-26H,7-9,11-18H2,1-6H3. The van der Waals surface area contributed by atoms with E-state index in [0.29, 0.717) is 10.8 Å². The third-order valence-electron chi connectivity index (χ3n) is 10.7. The molecule has 3 saturated carbocycles. The van der Waals surface area contributed by atoms with E-state index < -0.39 is 0 Å². The van der Waals surface area contributed by atoms with E-state index >= 15 is 0 Å². The van der Waals surface area contributed by atoms with Crippen molar-refractivity contribution in [1.29, 1.82) is 0 Å². The molecule has 3 fully saturated rings. The van der Waals surface area contributed by atoms with E-state index in [1.54, 1.807) is 18.4 Å². The summed E-state index contributed by atoms with van der Waals surface area (Å²) in [6.07, 6.45) is 18.9. The molecule has 0 N–H and O–H groups in total. The normalized spacial score (nSPS) is 46.5. The van der Waals surface area contributed by atoms with Crippen molar-refractivity contribution in [2.24, 2.45) is 52.3 Å². The SMILES string of the molecule is CC1=CCC2CCC3C(CCC4(C)C(C(C)CCCC(C)C)CCC34)C2(C)C1. The Labute approximate surface area is 176 Å². The fraction of sp³-hybridized carbons (Fsp3) is 0.929. The van der Waals surface area contributed by atoms with Crippen LogP contribution in [0, 0.1) is 52.3 Å². The molecule has 4 aliphatic rings. The Morgan fingerprint density at radius 3 is 2.43 bits per heavy atom. The highest BCUT2D eigenvalue weighted by Gasteiger charge is 2.60. The van der Waals surface area contributed by atoms with Crippen LogP contribution < -0.4 is 0 Å². The van der Waals surface area contributed by atoms with Gasteiger partial charge in [-0.05, 0) is 111 Å². The quantitative estimate of drug-likeness (QED) is 0.416. The lowest BCUT2D eigenvalue weighted by Crippen LogP contribution is -2.52. The third kappa shape index (κ3) is 3.43. The number of rotatable bonds is 5. The Hall–Kier alpha value is -0.260. The first kappa shape index (κ1) is 21.0. The summed E-state index contributed by atoms with van der Waals surface area (Å²) >= 11 is 0. The van der Waals surface area contributed by atoms with Gasteiger partial charge in [0.1, 0.15) is 0 Å². The number of allylic oxidation sites excluding steroid dienone is 2. The van der Waals surface area contributed by atoms with Crippen LogP contribution in [0.15, 0.2) is 11.6 Å². The van der Waals surface area contributed by atoms with Gasteiger partial charge >= 0.3 is 0 Å². The van der Waals surface area contributed by atoms with E-state index in [-0.39, 0.29) is 0 Å². The summed E-state index contributed by atoms with van der Waals surface area (Å²) in [4.78, 5) is 0. The van der Waals surface area contributed by atoms with Crippen LogP contribution in [0.4, 0.5) is 0 Å². The largest absolute Gasteiger partial charge is 0.0853 e. The van der Waals surface area contributed by atoms with Crippen LogP contribution in [0.5, 0.6) is 0 Å². The van der Waals surface area contributed by atoms with Crippen LogP contribution >= 0.6 is 0 Å². The van der Waals surface area contributed by atoms with Crippen LogP contribution in [0.1, 0.15) is 112 Å². The maximum atomic E-state index is 2.74. The van der Waals surface area contributed by atoms with Crippen molar-refractivity contribution in [2.45, 2.75) is 112 Å². The summed E-state index contributed by atoms with van der Waals surface area (Å²) in [6, 6.07) is 0. The second-order valence-electron chi connectivity index (χ2n) is 12.7. The van der Waals surface area contributed by atoms with Crippen molar-refractivity contribution < 1.29 is 0 Å². The van der Waals surface area contributed by atoms with E-state index in [1.165, 1.54) is 57.8 Å². The van der Waals surface area contributed by atoms with Crippen molar-refractivity contribution in [1.82, 2.24) is 0 Å². The van der Waals surface area contributed by atoms with E-state index in [2.05, 4.69) is 47.6 Å². The van der Waals surface area contributed by atoms with Crippen LogP contribution in [0.2, 0.25) is 0 Å². The monoisotopic (exact) mass is 384 g/mol. The highest BCUT2D eigenvalue weighted by atomic mass is 14.6. The zero-order valence-electron chi connectivity index (χ0n) is 19.9. The van der Waals surface area contributed by atoms with Crippen LogP contribution in [-0.2, 0) is 0 Å². The van der Waals surface area contributed by atoms with Crippen molar-refractivity contribution in [3.05, 3.63) is 11.6 Å². The van der Waals surface area contributed by atoms with Gasteiger partial charge in [0.15, 0.2) is 0 Å². The molecule has 0 aromatic carbocycles. The van der Waals surface area contributed by atoms with E-state index in [4.69, 9.17) is 0 Å². The first-order valence-electron chi connectivity index (χ1n) is 12.9. The van der Waals surface area contributed by atoms with Gasteiger partial charge in [-0.25, -0.2) is 0 Å². The van der Waals surface area contributed by atoms with Gasteiger partial charge in [-0.1, -0.05) is 65.5 Å². The average Bonchev–Trinajstić information content (AvgIpc) is 2.98. The molecule has 0 amide bonds. The summed E-state index contributed by atoms with van der Waals surface area (Å²) in [7, 11) is 0. The summed E-state index contributed by atoms with van der Waals surface area (Å²) in [5.41, 5.74) is 2.96. The summed E-state index contributed by atoms with van der Waals surface area (Å²) < 4.78 is 0. The highest BCUT2D eigenvalue weighted by molar-refractivity contribution is 5.16. The van der Waals surface area contributed by atoms with Gasteiger partial charge in [-0.15, -0.1) is 0 Å². The molecule has 4 aliphatic carbocycles. The van der Waals surface area contributed by atoms with Gasteiger partial charge in [0.05, 0.1) is 0 Å². The zero-order valence-corrected chi connectivity index (χ0v) is 19.9. The third-order valence-corrected chi connectivity index (χ3v) is 10.7. The Morgan fingerprint density at radius 2 is 1.68 bits per heavy atom. The van der Waals surface area contributed by atoms with Gasteiger partial charge < -0.3 is 0 Å². The number of fused-ring (bicyclic) bond motifs is 5. The second kappa shape index (κ2) is 7.77. The molecule has 0 aromatic heterocycles. The summed E-state index contributed by atoms with van der Waals surface area (Å²) in [5, 5.41) is 0. The minimum Gasteiger partial charge on any atom is -0.0853 e.